The van der Waals surface area contributed by atoms with Crippen LogP contribution in [0.2, 0.25) is 0 Å². The number of hydrogen-bond donors (Lipinski definition) is 2. The van der Waals surface area contributed by atoms with Gasteiger partial charge in [0.2, 0.25) is 0 Å². The molecule has 1 aromatic rings. The number of carbonyl (C=O) groups is 2. The molecule has 7 bridgehead atoms. The Bertz CT molecular complexity index is 1330. The van der Waals surface area contributed by atoms with E-state index in [9.17, 15) is 19.8 Å². The maximum absolute atomic E-state index is 13.7. The van der Waals surface area contributed by atoms with E-state index >= 15 is 0 Å². The molecule has 1 heterocycles. The van der Waals surface area contributed by atoms with Gasteiger partial charge in [-0.15, -0.1) is 0 Å². The molecule has 5 aliphatic carbocycles. The monoisotopic (exact) mass is 629 g/mol. The zero-order valence-corrected chi connectivity index (χ0v) is 27.0. The van der Waals surface area contributed by atoms with Crippen molar-refractivity contribution in [3.05, 3.63) is 35.9 Å². The minimum atomic E-state index is -1.55. The molecule has 1 saturated heterocycles. The van der Waals surface area contributed by atoms with Crippen LogP contribution in [0.25, 0.3) is 0 Å². The molecule has 6 aliphatic rings. The lowest BCUT2D eigenvalue weighted by Crippen LogP contribution is -2.79. The fraction of sp³-hybridized carbons (Fsp3) is 0.765. The predicted octanol–water partition coefficient (Wildman–Crippen LogP) is 1.68. The highest BCUT2D eigenvalue weighted by atomic mass is 16.6. The molecule has 14 atom stereocenters. The summed E-state index contributed by atoms with van der Waals surface area (Å²) in [6.07, 6.45) is -2.55. The number of hydrogen-bond acceptors (Lipinski definition) is 11. The number of aliphatic hydroxyl groups is 2. The van der Waals surface area contributed by atoms with E-state index in [1.807, 2.05) is 6.07 Å². The molecule has 1 aromatic carbocycles. The molecule has 248 valence electrons. The number of nitrogens with zero attached hydrogens (tertiary/aromatic N) is 1. The van der Waals surface area contributed by atoms with Crippen molar-refractivity contribution in [1.29, 1.82) is 0 Å². The first-order valence-electron chi connectivity index (χ1n) is 16.2. The Kier molecular flexibility index (Phi) is 7.48. The summed E-state index contributed by atoms with van der Waals surface area (Å²) in [6.45, 7) is 5.08. The molecule has 6 fully saturated rings. The topological polar surface area (TPSA) is 133 Å². The Balaban J connectivity index is 1.50. The quantitative estimate of drug-likeness (QED) is 0.387. The van der Waals surface area contributed by atoms with E-state index in [0.29, 0.717) is 31.7 Å². The molecule has 0 aromatic heterocycles. The van der Waals surface area contributed by atoms with E-state index in [4.69, 9.17) is 28.4 Å². The van der Waals surface area contributed by atoms with Crippen LogP contribution in [-0.4, -0.2) is 123 Å². The molecule has 2 N–H and O–H groups in total. The molecule has 0 radical (unpaired) electrons. The lowest BCUT2D eigenvalue weighted by Gasteiger charge is -2.70. The number of aliphatic hydroxyl groups excluding tert-OH is 1. The Morgan fingerprint density at radius 2 is 1.71 bits per heavy atom. The highest BCUT2D eigenvalue weighted by Crippen LogP contribution is 2.80. The molecule has 1 aliphatic heterocycles. The van der Waals surface area contributed by atoms with Crippen molar-refractivity contribution in [2.24, 2.45) is 34.5 Å². The van der Waals surface area contributed by atoms with Gasteiger partial charge in [-0.1, -0.05) is 25.1 Å². The minimum absolute atomic E-state index is 0.163. The predicted molar refractivity (Wildman–Crippen MR) is 159 cm³/mol. The molecule has 1 spiro atoms. The Morgan fingerprint density at radius 1 is 1.00 bits per heavy atom. The SMILES string of the molecule is CCN1C[C@]2(COC)C(O)C[C@H](OC)C34C1C([C@H](OC)[C@@H]32)[C@@]1(OC(C)=O)C[C@H](OC)[C@]2(O)C[C@@H]4[C@@H]1[C@H]2OC(=O)c1ccccc1. The molecule has 5 saturated carbocycles. The molecular formula is C34H47NO10. The molecule has 11 nitrogen and oxygen atoms in total. The van der Waals surface area contributed by atoms with E-state index in [2.05, 4.69) is 11.8 Å². The third kappa shape index (κ3) is 3.72. The van der Waals surface area contributed by atoms with Crippen molar-refractivity contribution in [1.82, 2.24) is 4.90 Å². The standard InChI is InChI=1S/C34H47NO10/c1-7-35-16-31(17-40-3)21(37)13-22(41-4)34-20-14-32(39)23(42-5)15-33(45-18(2)36,25(28(34)35)26(43-6)27(31)34)24(20)29(32)44-30(38)19-11-9-8-10-12-19/h8-12,20-29,37,39H,7,13-17H2,1-6H3/t20-,21?,22+,23+,24-,25?,26+,27-,28?,29-,31+,32-,33-,34?/m1/s1. The average Bonchev–Trinajstić information content (AvgIpc) is 3.40. The molecule has 7 rings (SSSR count). The maximum atomic E-state index is 13.7. The summed E-state index contributed by atoms with van der Waals surface area (Å²) in [6, 6.07) is 8.56. The number of ether oxygens (including phenoxy) is 6. The molecule has 0 amide bonds. The summed E-state index contributed by atoms with van der Waals surface area (Å²) in [5, 5.41) is 24.8. The van der Waals surface area contributed by atoms with Crippen LogP contribution in [0.4, 0.5) is 0 Å². The Morgan fingerprint density at radius 3 is 2.31 bits per heavy atom. The van der Waals surface area contributed by atoms with Crippen LogP contribution >= 0.6 is 0 Å². The number of fused-ring (bicyclic) bond motifs is 2. The molecule has 11 heteroatoms. The fourth-order valence-corrected chi connectivity index (χ4v) is 12.2. The summed E-state index contributed by atoms with van der Waals surface area (Å²) in [5.41, 5.74) is -3.74. The first kappa shape index (κ1) is 31.5. The Hall–Kier alpha value is -2.12. The summed E-state index contributed by atoms with van der Waals surface area (Å²) in [4.78, 5) is 29.3. The maximum Gasteiger partial charge on any atom is 0.338 e. The highest BCUT2D eigenvalue weighted by molar-refractivity contribution is 5.89. The smallest absolute Gasteiger partial charge is 0.338 e. The largest absolute Gasteiger partial charge is 0.458 e. The van der Waals surface area contributed by atoms with E-state index in [1.54, 1.807) is 52.7 Å². The molecular weight excluding hydrogens is 582 g/mol. The first-order valence-corrected chi connectivity index (χ1v) is 16.2. The second-order valence-electron chi connectivity index (χ2n) is 14.4. The van der Waals surface area contributed by atoms with Crippen molar-refractivity contribution >= 4 is 11.9 Å². The van der Waals surface area contributed by atoms with Crippen LogP contribution in [0.3, 0.4) is 0 Å². The highest BCUT2D eigenvalue weighted by Gasteiger charge is 2.90. The summed E-state index contributed by atoms with van der Waals surface area (Å²) >= 11 is 0. The van der Waals surface area contributed by atoms with Crippen molar-refractivity contribution < 1.29 is 48.2 Å². The van der Waals surface area contributed by atoms with Gasteiger partial charge >= 0.3 is 11.9 Å². The summed E-state index contributed by atoms with van der Waals surface area (Å²) in [5.74, 6) is -2.55. The van der Waals surface area contributed by atoms with Crippen molar-refractivity contribution in [2.45, 2.75) is 80.9 Å². The number of benzene rings is 1. The molecule has 45 heavy (non-hydrogen) atoms. The van der Waals surface area contributed by atoms with Gasteiger partial charge in [0.15, 0.2) is 0 Å². The third-order valence-corrected chi connectivity index (χ3v) is 13.1. The van der Waals surface area contributed by atoms with Gasteiger partial charge in [-0.2, -0.15) is 0 Å². The van der Waals surface area contributed by atoms with Gasteiger partial charge in [-0.05, 0) is 31.0 Å². The first-order chi connectivity index (χ1) is 21.5. The van der Waals surface area contributed by atoms with E-state index in [-0.39, 0.29) is 30.7 Å². The summed E-state index contributed by atoms with van der Waals surface area (Å²) < 4.78 is 37.9. The second-order valence-corrected chi connectivity index (χ2v) is 14.4. The van der Waals surface area contributed by atoms with Crippen molar-refractivity contribution in [3.63, 3.8) is 0 Å². The number of methoxy groups -OCH3 is 4. The van der Waals surface area contributed by atoms with E-state index in [1.165, 1.54) is 6.92 Å². The second kappa shape index (κ2) is 10.7. The molecule has 4 unspecified atom stereocenters. The van der Waals surface area contributed by atoms with Crippen LogP contribution in [0.15, 0.2) is 30.3 Å². The van der Waals surface area contributed by atoms with Gasteiger partial charge in [0.05, 0.1) is 36.6 Å². The number of carbonyl (C=O) groups excluding carboxylic acids is 2. The number of rotatable bonds is 9. The number of esters is 2. The van der Waals surface area contributed by atoms with Crippen LogP contribution in [0, 0.1) is 34.5 Å². The zero-order chi connectivity index (χ0) is 32.1. The van der Waals surface area contributed by atoms with Gasteiger partial charge in [0, 0.05) is 89.4 Å². The minimum Gasteiger partial charge on any atom is -0.458 e. The number of likely N-dealkylation sites (tertiary alicyclic amines) is 1. The zero-order valence-electron chi connectivity index (χ0n) is 27.0. The number of piperidine rings is 1. The lowest BCUT2D eigenvalue weighted by molar-refractivity contribution is -0.300. The van der Waals surface area contributed by atoms with Gasteiger partial charge < -0.3 is 38.6 Å². The van der Waals surface area contributed by atoms with Gasteiger partial charge in [-0.25, -0.2) is 4.79 Å². The van der Waals surface area contributed by atoms with Crippen LogP contribution < -0.4 is 0 Å². The third-order valence-electron chi connectivity index (χ3n) is 13.1. The van der Waals surface area contributed by atoms with Crippen molar-refractivity contribution in [2.75, 3.05) is 48.1 Å². The average molecular weight is 630 g/mol. The van der Waals surface area contributed by atoms with Crippen LogP contribution in [0.5, 0.6) is 0 Å². The van der Waals surface area contributed by atoms with Crippen molar-refractivity contribution in [3.8, 4) is 0 Å². The van der Waals surface area contributed by atoms with Crippen LogP contribution in [-0.2, 0) is 33.2 Å². The van der Waals surface area contributed by atoms with E-state index in [0.717, 1.165) is 0 Å². The van der Waals surface area contributed by atoms with Gasteiger partial charge in [0.25, 0.3) is 0 Å². The normalized spacial score (nSPS) is 49.1. The van der Waals surface area contributed by atoms with Gasteiger partial charge in [0.1, 0.15) is 17.3 Å². The van der Waals surface area contributed by atoms with E-state index < -0.39 is 76.3 Å². The van der Waals surface area contributed by atoms with Gasteiger partial charge in [-0.3, -0.25) is 9.69 Å². The lowest BCUT2D eigenvalue weighted by atomic mass is 9.42. The Labute approximate surface area is 264 Å². The summed E-state index contributed by atoms with van der Waals surface area (Å²) in [7, 11) is 6.58. The van der Waals surface area contributed by atoms with Crippen LogP contribution in [0.1, 0.15) is 43.5 Å². The fourth-order valence-electron chi connectivity index (χ4n) is 12.2.